The molecule has 0 fully saturated rings. The maximum atomic E-state index is 12.4. The summed E-state index contributed by atoms with van der Waals surface area (Å²) in [5.74, 6) is -7.95. The Morgan fingerprint density at radius 3 is 2.00 bits per heavy atom. The second-order valence-electron chi connectivity index (χ2n) is 3.62. The molecule has 0 unspecified atom stereocenters. The van der Waals surface area contributed by atoms with Crippen LogP contribution in [0.1, 0.15) is 39.0 Å². The van der Waals surface area contributed by atoms with Crippen molar-refractivity contribution in [3.05, 3.63) is 0 Å². The van der Waals surface area contributed by atoms with Crippen molar-refractivity contribution in [2.24, 2.45) is 0 Å². The van der Waals surface area contributed by atoms with Gasteiger partial charge in [-0.25, -0.2) is 4.79 Å². The zero-order valence-electron chi connectivity index (χ0n) is 9.45. The van der Waals surface area contributed by atoms with Gasteiger partial charge in [-0.1, -0.05) is 32.6 Å². The van der Waals surface area contributed by atoms with E-state index in [4.69, 9.17) is 0 Å². The molecule has 0 amide bonds. The van der Waals surface area contributed by atoms with Gasteiger partial charge in [0, 0.05) is 0 Å². The number of hydrogen-bond donors (Lipinski definition) is 0. The molecule has 0 aliphatic heterocycles. The van der Waals surface area contributed by atoms with Gasteiger partial charge in [0.25, 0.3) is 0 Å². The van der Waals surface area contributed by atoms with Gasteiger partial charge >= 0.3 is 18.1 Å². The number of carbonyl (C=O) groups is 1. The second kappa shape index (κ2) is 6.76. The average molecular weight is 262 g/mol. The highest BCUT2D eigenvalue weighted by atomic mass is 19.4. The first-order valence-corrected chi connectivity index (χ1v) is 5.35. The van der Waals surface area contributed by atoms with Gasteiger partial charge < -0.3 is 4.74 Å². The normalized spacial score (nSPS) is 12.6. The van der Waals surface area contributed by atoms with E-state index >= 15 is 0 Å². The standard InChI is InChI=1S/C10H15F5O2/c1-2-3-4-5-6-7-17-8(16)9(11,12)10(13,14)15/h2-7H2,1H3. The maximum Gasteiger partial charge on any atom is 0.465 e. The Morgan fingerprint density at radius 2 is 1.53 bits per heavy atom. The lowest BCUT2D eigenvalue weighted by Gasteiger charge is -2.17. The molecule has 0 bridgehead atoms. The fourth-order valence-electron chi connectivity index (χ4n) is 1.08. The second-order valence-corrected chi connectivity index (χ2v) is 3.62. The Labute approximate surface area is 96.1 Å². The van der Waals surface area contributed by atoms with Crippen molar-refractivity contribution in [3.8, 4) is 0 Å². The molecule has 0 spiro atoms. The lowest BCUT2D eigenvalue weighted by atomic mass is 10.2. The lowest BCUT2D eigenvalue weighted by molar-refractivity contribution is -0.280. The summed E-state index contributed by atoms with van der Waals surface area (Å²) in [6.45, 7) is 1.57. The zero-order valence-corrected chi connectivity index (χ0v) is 9.45. The van der Waals surface area contributed by atoms with E-state index in [1.165, 1.54) is 0 Å². The largest absolute Gasteiger partial charge is 0.465 e. The topological polar surface area (TPSA) is 26.3 Å². The Kier molecular flexibility index (Phi) is 6.41. The van der Waals surface area contributed by atoms with Crippen LogP contribution in [0.2, 0.25) is 0 Å². The van der Waals surface area contributed by atoms with Gasteiger partial charge in [-0.3, -0.25) is 0 Å². The monoisotopic (exact) mass is 262 g/mol. The van der Waals surface area contributed by atoms with Crippen LogP contribution < -0.4 is 0 Å². The fourth-order valence-corrected chi connectivity index (χ4v) is 1.08. The first kappa shape index (κ1) is 16.1. The number of hydrogen-bond acceptors (Lipinski definition) is 2. The Morgan fingerprint density at radius 1 is 1.00 bits per heavy atom. The van der Waals surface area contributed by atoms with E-state index < -0.39 is 24.7 Å². The smallest absolute Gasteiger partial charge is 0.461 e. The maximum absolute atomic E-state index is 12.4. The van der Waals surface area contributed by atoms with Crippen LogP contribution >= 0.6 is 0 Å². The summed E-state index contributed by atoms with van der Waals surface area (Å²) >= 11 is 0. The molecule has 0 saturated carbocycles. The Hall–Kier alpha value is -0.880. The highest BCUT2D eigenvalue weighted by Gasteiger charge is 2.64. The van der Waals surface area contributed by atoms with Gasteiger partial charge in [-0.2, -0.15) is 22.0 Å². The number of esters is 1. The molecule has 0 aliphatic rings. The van der Waals surface area contributed by atoms with Crippen LogP contribution in [0.15, 0.2) is 0 Å². The van der Waals surface area contributed by atoms with Crippen molar-refractivity contribution < 1.29 is 31.5 Å². The third-order valence-corrected chi connectivity index (χ3v) is 2.09. The zero-order chi connectivity index (χ0) is 13.5. The fraction of sp³-hybridized carbons (Fsp3) is 0.900. The summed E-state index contributed by atoms with van der Waals surface area (Å²) in [7, 11) is 0. The summed E-state index contributed by atoms with van der Waals surface area (Å²) in [5.41, 5.74) is 0. The third kappa shape index (κ3) is 5.32. The van der Waals surface area contributed by atoms with Gasteiger partial charge in [0.05, 0.1) is 6.61 Å². The molecule has 0 N–H and O–H groups in total. The molecule has 0 aromatic heterocycles. The number of carbonyl (C=O) groups excluding carboxylic acids is 1. The highest BCUT2D eigenvalue weighted by molar-refractivity contribution is 5.78. The number of halogens is 5. The minimum Gasteiger partial charge on any atom is -0.461 e. The number of alkyl halides is 5. The first-order valence-electron chi connectivity index (χ1n) is 5.35. The van der Waals surface area contributed by atoms with Crippen LogP contribution in [-0.2, 0) is 9.53 Å². The van der Waals surface area contributed by atoms with Crippen LogP contribution in [0.5, 0.6) is 0 Å². The van der Waals surface area contributed by atoms with E-state index in [9.17, 15) is 26.7 Å². The van der Waals surface area contributed by atoms with Crippen LogP contribution in [0.3, 0.4) is 0 Å². The molecule has 102 valence electrons. The molecule has 0 aromatic rings. The average Bonchev–Trinajstić information content (AvgIpc) is 2.21. The SMILES string of the molecule is CCCCCCCOC(=O)C(F)(F)C(F)(F)F. The summed E-state index contributed by atoms with van der Waals surface area (Å²) in [5, 5.41) is 0. The highest BCUT2D eigenvalue weighted by Crippen LogP contribution is 2.36. The van der Waals surface area contributed by atoms with Gasteiger partial charge in [0.1, 0.15) is 0 Å². The molecular weight excluding hydrogens is 247 g/mol. The molecule has 7 heteroatoms. The van der Waals surface area contributed by atoms with Crippen molar-refractivity contribution in [1.29, 1.82) is 0 Å². The van der Waals surface area contributed by atoms with Crippen LogP contribution in [0.25, 0.3) is 0 Å². The summed E-state index contributed by atoms with van der Waals surface area (Å²) in [6, 6.07) is 0. The summed E-state index contributed by atoms with van der Waals surface area (Å²) < 4.78 is 63.7. The van der Waals surface area contributed by atoms with E-state index in [1.54, 1.807) is 0 Å². The van der Waals surface area contributed by atoms with Crippen molar-refractivity contribution in [1.82, 2.24) is 0 Å². The van der Waals surface area contributed by atoms with Gasteiger partial charge in [0.2, 0.25) is 0 Å². The van der Waals surface area contributed by atoms with Gasteiger partial charge in [0.15, 0.2) is 0 Å². The minimum absolute atomic E-state index is 0.291. The molecule has 0 heterocycles. The van der Waals surface area contributed by atoms with Crippen LogP contribution in [0, 0.1) is 0 Å². The van der Waals surface area contributed by atoms with E-state index in [0.29, 0.717) is 12.8 Å². The van der Waals surface area contributed by atoms with E-state index in [-0.39, 0.29) is 0 Å². The number of ether oxygens (including phenoxy) is 1. The molecule has 0 rings (SSSR count). The summed E-state index contributed by atoms with van der Waals surface area (Å²) in [4.78, 5) is 10.5. The molecule has 17 heavy (non-hydrogen) atoms. The Bertz CT molecular complexity index is 237. The van der Waals surface area contributed by atoms with Gasteiger partial charge in [-0.15, -0.1) is 0 Å². The van der Waals surface area contributed by atoms with E-state index in [2.05, 4.69) is 4.74 Å². The van der Waals surface area contributed by atoms with Crippen molar-refractivity contribution in [3.63, 3.8) is 0 Å². The van der Waals surface area contributed by atoms with E-state index in [1.807, 2.05) is 6.92 Å². The van der Waals surface area contributed by atoms with Crippen molar-refractivity contribution >= 4 is 5.97 Å². The molecule has 0 saturated heterocycles. The van der Waals surface area contributed by atoms with Crippen molar-refractivity contribution in [2.75, 3.05) is 6.61 Å². The molecular formula is C10H15F5O2. The quantitative estimate of drug-likeness (QED) is 0.397. The minimum atomic E-state index is -5.90. The number of unbranched alkanes of at least 4 members (excludes halogenated alkanes) is 4. The number of rotatable bonds is 7. The predicted molar refractivity (Wildman–Crippen MR) is 50.7 cm³/mol. The molecule has 0 radical (unpaired) electrons. The molecule has 0 aliphatic carbocycles. The first-order chi connectivity index (χ1) is 7.73. The molecule has 2 nitrogen and oxygen atoms in total. The lowest BCUT2D eigenvalue weighted by Crippen LogP contribution is -2.45. The van der Waals surface area contributed by atoms with E-state index in [0.717, 1.165) is 19.3 Å². The van der Waals surface area contributed by atoms with Crippen LogP contribution in [-0.4, -0.2) is 24.7 Å². The van der Waals surface area contributed by atoms with Crippen LogP contribution in [0.4, 0.5) is 22.0 Å². The Balaban J connectivity index is 3.87. The summed E-state index contributed by atoms with van der Waals surface area (Å²) in [6.07, 6.45) is -2.20. The van der Waals surface area contributed by atoms with Gasteiger partial charge in [-0.05, 0) is 6.42 Å². The molecule has 0 atom stereocenters. The predicted octanol–water partition coefficient (Wildman–Crippen LogP) is 3.70. The third-order valence-electron chi connectivity index (χ3n) is 2.09. The molecule has 0 aromatic carbocycles. The van der Waals surface area contributed by atoms with Crippen molar-refractivity contribution in [2.45, 2.75) is 51.1 Å².